The number of anilines is 1. The summed E-state index contributed by atoms with van der Waals surface area (Å²) < 4.78 is 0. The summed E-state index contributed by atoms with van der Waals surface area (Å²) in [5.41, 5.74) is 0.262. The van der Waals surface area contributed by atoms with Crippen molar-refractivity contribution in [1.82, 2.24) is 10.2 Å². The number of amides is 3. The first-order valence-corrected chi connectivity index (χ1v) is 9.18. The molecular weight excluding hydrogens is 334 g/mol. The van der Waals surface area contributed by atoms with Crippen molar-refractivity contribution in [3.8, 4) is 0 Å². The highest BCUT2D eigenvalue weighted by Gasteiger charge is 2.55. The lowest BCUT2D eigenvalue weighted by Crippen LogP contribution is -2.38. The maximum Gasteiger partial charge on any atom is 0.321 e. The summed E-state index contributed by atoms with van der Waals surface area (Å²) in [5, 5.41) is 15.4. The molecule has 0 aromatic heterocycles. The quantitative estimate of drug-likeness (QED) is 0.770. The van der Waals surface area contributed by atoms with Crippen molar-refractivity contribution in [2.24, 2.45) is 11.3 Å². The Morgan fingerprint density at radius 2 is 2.00 bits per heavy atom. The third-order valence-electron chi connectivity index (χ3n) is 5.87. The first-order valence-electron chi connectivity index (χ1n) is 9.18. The Balaban J connectivity index is 1.42. The molecule has 3 aliphatic rings. The Morgan fingerprint density at radius 1 is 1.19 bits per heavy atom. The Morgan fingerprint density at radius 3 is 2.69 bits per heavy atom. The molecule has 1 saturated heterocycles. The van der Waals surface area contributed by atoms with E-state index in [0.29, 0.717) is 24.2 Å². The summed E-state index contributed by atoms with van der Waals surface area (Å²) in [6.07, 6.45) is 4.43. The smallest absolute Gasteiger partial charge is 0.321 e. The number of carbonyl (C=O) groups is 3. The number of carboxylic acid groups (broad SMARTS) is 1. The van der Waals surface area contributed by atoms with Gasteiger partial charge in [0.05, 0.1) is 5.41 Å². The fourth-order valence-corrected chi connectivity index (χ4v) is 4.23. The average molecular weight is 357 g/mol. The molecule has 7 heteroatoms. The van der Waals surface area contributed by atoms with Crippen LogP contribution < -0.4 is 10.6 Å². The number of urea groups is 1. The minimum Gasteiger partial charge on any atom is -0.481 e. The molecule has 1 heterocycles. The van der Waals surface area contributed by atoms with Crippen LogP contribution in [0.5, 0.6) is 0 Å². The standard InChI is InChI=1S/C19H23N3O4/c23-16(20-14-6-7-14)12-3-1-5-15(9-12)21-18(26)22-10-13-4-2-8-19(13,11-22)17(24)25/h1,3,5,9,13-14H,2,4,6-8,10-11H2,(H,20,23)(H,21,26)(H,24,25)/t13-,19+/m0/s1. The van der Waals surface area contributed by atoms with Gasteiger partial charge in [0.15, 0.2) is 0 Å². The SMILES string of the molecule is O=C(NC1CC1)c1cccc(NC(=O)N2C[C@@H]3CCC[C@@]3(C(=O)O)C2)c1. The molecule has 3 N–H and O–H groups in total. The van der Waals surface area contributed by atoms with Crippen LogP contribution >= 0.6 is 0 Å². The highest BCUT2D eigenvalue weighted by molar-refractivity contribution is 5.97. The van der Waals surface area contributed by atoms with Crippen LogP contribution in [-0.4, -0.2) is 47.0 Å². The number of carbonyl (C=O) groups excluding carboxylic acids is 2. The molecule has 1 aromatic carbocycles. The lowest BCUT2D eigenvalue weighted by atomic mass is 9.81. The van der Waals surface area contributed by atoms with Crippen molar-refractivity contribution >= 4 is 23.6 Å². The molecule has 0 radical (unpaired) electrons. The van der Waals surface area contributed by atoms with Crippen molar-refractivity contribution in [1.29, 1.82) is 0 Å². The summed E-state index contributed by atoms with van der Waals surface area (Å²) in [5.74, 6) is -0.903. The zero-order valence-electron chi connectivity index (χ0n) is 14.5. The number of likely N-dealkylation sites (tertiary alicyclic amines) is 1. The van der Waals surface area contributed by atoms with E-state index in [9.17, 15) is 19.5 Å². The van der Waals surface area contributed by atoms with Crippen molar-refractivity contribution in [3.05, 3.63) is 29.8 Å². The monoisotopic (exact) mass is 357 g/mol. The summed E-state index contributed by atoms with van der Waals surface area (Å²) in [7, 11) is 0. The fraction of sp³-hybridized carbons (Fsp3) is 0.526. The van der Waals surface area contributed by atoms with Crippen molar-refractivity contribution in [3.63, 3.8) is 0 Å². The van der Waals surface area contributed by atoms with Crippen LogP contribution in [0.15, 0.2) is 24.3 Å². The van der Waals surface area contributed by atoms with Crippen molar-refractivity contribution in [2.75, 3.05) is 18.4 Å². The number of rotatable bonds is 4. The summed E-state index contributed by atoms with van der Waals surface area (Å²) >= 11 is 0. The van der Waals surface area contributed by atoms with E-state index >= 15 is 0 Å². The van der Waals surface area contributed by atoms with E-state index in [1.54, 1.807) is 29.2 Å². The Labute approximate surface area is 151 Å². The van der Waals surface area contributed by atoms with E-state index in [4.69, 9.17) is 0 Å². The second-order valence-corrected chi connectivity index (χ2v) is 7.69. The molecule has 2 aliphatic carbocycles. The number of aliphatic carboxylic acids is 1. The minimum absolute atomic E-state index is 0.0291. The first-order chi connectivity index (χ1) is 12.5. The largest absolute Gasteiger partial charge is 0.481 e. The predicted octanol–water partition coefficient (Wildman–Crippen LogP) is 2.30. The number of benzene rings is 1. The predicted molar refractivity (Wildman–Crippen MR) is 94.9 cm³/mol. The van der Waals surface area contributed by atoms with Gasteiger partial charge < -0.3 is 20.6 Å². The van der Waals surface area contributed by atoms with E-state index in [2.05, 4.69) is 10.6 Å². The molecule has 0 unspecified atom stereocenters. The van der Waals surface area contributed by atoms with Crippen LogP contribution in [0.2, 0.25) is 0 Å². The Bertz CT molecular complexity index is 761. The number of hydrogen-bond acceptors (Lipinski definition) is 3. The van der Waals surface area contributed by atoms with Crippen molar-refractivity contribution in [2.45, 2.75) is 38.1 Å². The van der Waals surface area contributed by atoms with Gasteiger partial charge in [0.2, 0.25) is 0 Å². The molecule has 0 spiro atoms. The van der Waals surface area contributed by atoms with E-state index < -0.39 is 11.4 Å². The summed E-state index contributed by atoms with van der Waals surface area (Å²) in [6.45, 7) is 0.723. The van der Waals surface area contributed by atoms with Gasteiger partial charge in [-0.05, 0) is 49.8 Å². The molecule has 138 valence electrons. The van der Waals surface area contributed by atoms with E-state index in [0.717, 1.165) is 25.7 Å². The van der Waals surface area contributed by atoms with Crippen LogP contribution in [-0.2, 0) is 4.79 Å². The molecule has 7 nitrogen and oxygen atoms in total. The summed E-state index contributed by atoms with van der Waals surface area (Å²) in [4.78, 5) is 38.1. The van der Waals surface area contributed by atoms with Gasteiger partial charge in [0.25, 0.3) is 5.91 Å². The summed E-state index contributed by atoms with van der Waals surface area (Å²) in [6, 6.07) is 6.80. The molecule has 3 fully saturated rings. The maximum absolute atomic E-state index is 12.6. The molecule has 3 amide bonds. The molecule has 1 aliphatic heterocycles. The third kappa shape index (κ3) is 3.02. The fourth-order valence-electron chi connectivity index (χ4n) is 4.23. The second kappa shape index (κ2) is 6.30. The Hall–Kier alpha value is -2.57. The highest BCUT2D eigenvalue weighted by atomic mass is 16.4. The number of nitrogens with zero attached hydrogens (tertiary/aromatic N) is 1. The first kappa shape index (κ1) is 16.9. The molecule has 1 aromatic rings. The van der Waals surface area contributed by atoms with Crippen LogP contribution in [0.25, 0.3) is 0 Å². The topological polar surface area (TPSA) is 98.7 Å². The number of hydrogen-bond donors (Lipinski definition) is 3. The van der Waals surface area contributed by atoms with Gasteiger partial charge in [-0.1, -0.05) is 12.5 Å². The maximum atomic E-state index is 12.6. The lowest BCUT2D eigenvalue weighted by molar-refractivity contribution is -0.149. The van der Waals surface area contributed by atoms with Gasteiger partial charge in [-0.15, -0.1) is 0 Å². The van der Waals surface area contributed by atoms with E-state index in [1.807, 2.05) is 0 Å². The third-order valence-corrected chi connectivity index (χ3v) is 5.87. The molecule has 4 rings (SSSR count). The lowest BCUT2D eigenvalue weighted by Gasteiger charge is -2.23. The van der Waals surface area contributed by atoms with Gasteiger partial charge in [-0.25, -0.2) is 4.79 Å². The van der Waals surface area contributed by atoms with Crippen LogP contribution in [0.4, 0.5) is 10.5 Å². The van der Waals surface area contributed by atoms with Gasteiger partial charge in [0.1, 0.15) is 0 Å². The zero-order chi connectivity index (χ0) is 18.3. The number of nitrogens with one attached hydrogen (secondary N) is 2. The minimum atomic E-state index is -0.797. The normalized spacial score (nSPS) is 27.1. The van der Waals surface area contributed by atoms with Crippen LogP contribution in [0, 0.1) is 11.3 Å². The number of fused-ring (bicyclic) bond motifs is 1. The van der Waals surface area contributed by atoms with Crippen molar-refractivity contribution < 1.29 is 19.5 Å². The number of carboxylic acids is 1. The van der Waals surface area contributed by atoms with Gasteiger partial charge in [-0.3, -0.25) is 9.59 Å². The van der Waals surface area contributed by atoms with Gasteiger partial charge in [-0.2, -0.15) is 0 Å². The van der Waals surface area contributed by atoms with E-state index in [1.165, 1.54) is 0 Å². The molecular formula is C19H23N3O4. The zero-order valence-corrected chi connectivity index (χ0v) is 14.5. The molecule has 2 saturated carbocycles. The molecule has 2 atom stereocenters. The second-order valence-electron chi connectivity index (χ2n) is 7.69. The highest BCUT2D eigenvalue weighted by Crippen LogP contribution is 2.48. The van der Waals surface area contributed by atoms with Gasteiger partial charge >= 0.3 is 12.0 Å². The van der Waals surface area contributed by atoms with E-state index in [-0.39, 0.29) is 30.4 Å². The van der Waals surface area contributed by atoms with Crippen LogP contribution in [0.1, 0.15) is 42.5 Å². The Kier molecular flexibility index (Phi) is 4.09. The van der Waals surface area contributed by atoms with Gasteiger partial charge in [0, 0.05) is 30.4 Å². The molecule has 0 bridgehead atoms. The van der Waals surface area contributed by atoms with Crippen LogP contribution in [0.3, 0.4) is 0 Å². The molecule has 26 heavy (non-hydrogen) atoms. The average Bonchev–Trinajstić information content (AvgIpc) is 3.19.